The number of amides is 1. The maximum absolute atomic E-state index is 11.9. The van der Waals surface area contributed by atoms with Crippen molar-refractivity contribution in [3.8, 4) is 5.75 Å². The lowest BCUT2D eigenvalue weighted by atomic mass is 10.0. The van der Waals surface area contributed by atoms with Crippen LogP contribution in [0.4, 0.5) is 0 Å². The number of hydrogen-bond donors (Lipinski definition) is 2. The summed E-state index contributed by atoms with van der Waals surface area (Å²) in [4.78, 5) is 11.9. The number of nitrogens with one attached hydrogen (secondary N) is 1. The Kier molecular flexibility index (Phi) is 5.24. The molecule has 0 aliphatic heterocycles. The van der Waals surface area contributed by atoms with E-state index in [1.54, 1.807) is 32.2 Å². The number of benzene rings is 1. The van der Waals surface area contributed by atoms with Crippen LogP contribution in [-0.4, -0.2) is 24.7 Å². The highest BCUT2D eigenvalue weighted by molar-refractivity contribution is 5.92. The number of aliphatic hydroxyl groups is 1. The molecule has 1 aromatic heterocycles. The van der Waals surface area contributed by atoms with Gasteiger partial charge in [0.25, 0.3) is 0 Å². The monoisotopic (exact) mass is 315 g/mol. The molecule has 0 bridgehead atoms. The summed E-state index contributed by atoms with van der Waals surface area (Å²) in [6, 6.07) is 9.09. The molecule has 0 radical (unpaired) electrons. The molecule has 0 saturated carbocycles. The van der Waals surface area contributed by atoms with Gasteiger partial charge in [0.1, 0.15) is 17.1 Å². The summed E-state index contributed by atoms with van der Waals surface area (Å²) in [6.07, 6.45) is 4.58. The van der Waals surface area contributed by atoms with Crippen LogP contribution in [0.15, 0.2) is 47.1 Å². The lowest BCUT2D eigenvalue weighted by Crippen LogP contribution is -2.37. The molecule has 5 nitrogen and oxygen atoms in total. The second-order valence-electron chi connectivity index (χ2n) is 5.55. The summed E-state index contributed by atoms with van der Waals surface area (Å²) in [5.74, 6) is 0.796. The van der Waals surface area contributed by atoms with E-state index in [2.05, 4.69) is 5.32 Å². The quantitative estimate of drug-likeness (QED) is 0.804. The predicted octanol–water partition coefficient (Wildman–Crippen LogP) is 2.63. The van der Waals surface area contributed by atoms with Gasteiger partial charge in [-0.3, -0.25) is 4.79 Å². The number of furan rings is 1. The summed E-state index contributed by atoms with van der Waals surface area (Å²) < 4.78 is 10.4. The molecule has 5 heteroatoms. The van der Waals surface area contributed by atoms with E-state index in [1.165, 1.54) is 12.3 Å². The fraction of sp³-hybridized carbons (Fsp3) is 0.278. The van der Waals surface area contributed by atoms with Crippen molar-refractivity contribution in [2.45, 2.75) is 19.4 Å². The number of carbonyl (C=O) groups is 1. The third-order valence-corrected chi connectivity index (χ3v) is 3.46. The molecule has 1 atom stereocenters. The number of methoxy groups -OCH3 is 1. The minimum Gasteiger partial charge on any atom is -0.496 e. The van der Waals surface area contributed by atoms with Gasteiger partial charge >= 0.3 is 0 Å². The molecule has 2 aromatic rings. The van der Waals surface area contributed by atoms with E-state index < -0.39 is 5.60 Å². The Bertz CT molecular complexity index is 687. The van der Waals surface area contributed by atoms with Gasteiger partial charge in [0.15, 0.2) is 0 Å². The fourth-order valence-electron chi connectivity index (χ4n) is 2.14. The van der Waals surface area contributed by atoms with Crippen LogP contribution < -0.4 is 10.1 Å². The molecule has 122 valence electrons. The van der Waals surface area contributed by atoms with E-state index in [9.17, 15) is 9.90 Å². The number of hydrogen-bond acceptors (Lipinski definition) is 4. The minimum atomic E-state index is -1.26. The lowest BCUT2D eigenvalue weighted by Gasteiger charge is -2.20. The molecule has 1 heterocycles. The molecule has 0 aliphatic rings. The molecule has 1 amide bonds. The molecule has 0 fully saturated rings. The van der Waals surface area contributed by atoms with E-state index in [4.69, 9.17) is 9.15 Å². The van der Waals surface area contributed by atoms with Crippen molar-refractivity contribution in [2.75, 3.05) is 13.7 Å². The van der Waals surface area contributed by atoms with Crippen molar-refractivity contribution in [3.05, 3.63) is 59.6 Å². The molecule has 0 aliphatic carbocycles. The van der Waals surface area contributed by atoms with Gasteiger partial charge < -0.3 is 19.6 Å². The highest BCUT2D eigenvalue weighted by Crippen LogP contribution is 2.21. The molecule has 1 unspecified atom stereocenters. The van der Waals surface area contributed by atoms with Gasteiger partial charge in [-0.1, -0.05) is 11.6 Å². The zero-order chi connectivity index (χ0) is 16.9. The van der Waals surface area contributed by atoms with Crippen LogP contribution in [0, 0.1) is 6.92 Å². The summed E-state index contributed by atoms with van der Waals surface area (Å²) in [7, 11) is 1.59. The lowest BCUT2D eigenvalue weighted by molar-refractivity contribution is -0.117. The smallest absolute Gasteiger partial charge is 0.244 e. The molecule has 1 aromatic carbocycles. The highest BCUT2D eigenvalue weighted by atomic mass is 16.5. The number of rotatable bonds is 6. The maximum Gasteiger partial charge on any atom is 0.244 e. The molecule has 0 saturated heterocycles. The Labute approximate surface area is 135 Å². The van der Waals surface area contributed by atoms with E-state index in [1.807, 2.05) is 25.1 Å². The first-order chi connectivity index (χ1) is 10.9. The molecule has 0 spiro atoms. The Hall–Kier alpha value is -2.53. The fourth-order valence-corrected chi connectivity index (χ4v) is 2.14. The van der Waals surface area contributed by atoms with Crippen molar-refractivity contribution in [1.82, 2.24) is 5.32 Å². The van der Waals surface area contributed by atoms with E-state index in [0.717, 1.165) is 11.1 Å². The Morgan fingerprint density at radius 1 is 1.43 bits per heavy atom. The average Bonchev–Trinajstić information content (AvgIpc) is 3.06. The normalized spacial score (nSPS) is 13.7. The second-order valence-corrected chi connectivity index (χ2v) is 5.55. The van der Waals surface area contributed by atoms with Crippen molar-refractivity contribution in [1.29, 1.82) is 0 Å². The van der Waals surface area contributed by atoms with Crippen LogP contribution in [-0.2, 0) is 10.4 Å². The van der Waals surface area contributed by atoms with E-state index >= 15 is 0 Å². The topological polar surface area (TPSA) is 71.7 Å². The van der Waals surface area contributed by atoms with Gasteiger partial charge in [0.05, 0.1) is 19.9 Å². The Morgan fingerprint density at radius 3 is 2.87 bits per heavy atom. The summed E-state index contributed by atoms with van der Waals surface area (Å²) >= 11 is 0. The summed E-state index contributed by atoms with van der Waals surface area (Å²) in [6.45, 7) is 3.60. The van der Waals surface area contributed by atoms with Crippen molar-refractivity contribution in [2.24, 2.45) is 0 Å². The first-order valence-electron chi connectivity index (χ1n) is 7.29. The maximum atomic E-state index is 11.9. The Balaban J connectivity index is 1.98. The van der Waals surface area contributed by atoms with Crippen LogP contribution in [0.5, 0.6) is 5.75 Å². The number of carbonyl (C=O) groups excluding carboxylic acids is 1. The van der Waals surface area contributed by atoms with E-state index in [0.29, 0.717) is 11.5 Å². The largest absolute Gasteiger partial charge is 0.496 e. The van der Waals surface area contributed by atoms with Gasteiger partial charge in [-0.15, -0.1) is 0 Å². The van der Waals surface area contributed by atoms with Crippen LogP contribution in [0.1, 0.15) is 23.8 Å². The van der Waals surface area contributed by atoms with Gasteiger partial charge in [-0.25, -0.2) is 0 Å². The van der Waals surface area contributed by atoms with Gasteiger partial charge in [0, 0.05) is 11.6 Å². The standard InChI is InChI=1S/C18H21NO4/c1-13-6-8-15(22-3)14(11-13)7-9-17(20)19-12-18(2,21)16-5-4-10-23-16/h4-11,21H,12H2,1-3H3,(H,19,20). The summed E-state index contributed by atoms with van der Waals surface area (Å²) in [5, 5.41) is 12.9. The van der Waals surface area contributed by atoms with Crippen LogP contribution in [0.25, 0.3) is 6.08 Å². The van der Waals surface area contributed by atoms with Crippen LogP contribution in [0.3, 0.4) is 0 Å². The number of ether oxygens (including phenoxy) is 1. The third kappa shape index (κ3) is 4.47. The first-order valence-corrected chi connectivity index (χ1v) is 7.29. The molecular formula is C18H21NO4. The third-order valence-electron chi connectivity index (χ3n) is 3.46. The average molecular weight is 315 g/mol. The Morgan fingerprint density at radius 2 is 2.22 bits per heavy atom. The predicted molar refractivity (Wildman–Crippen MR) is 88.1 cm³/mol. The van der Waals surface area contributed by atoms with Gasteiger partial charge in [-0.05, 0) is 44.2 Å². The zero-order valence-electron chi connectivity index (χ0n) is 13.5. The van der Waals surface area contributed by atoms with Crippen molar-refractivity contribution < 1.29 is 19.1 Å². The first kappa shape index (κ1) is 16.8. The van der Waals surface area contributed by atoms with Crippen molar-refractivity contribution >= 4 is 12.0 Å². The molecule has 2 N–H and O–H groups in total. The minimum absolute atomic E-state index is 0.0502. The summed E-state index contributed by atoms with van der Waals surface area (Å²) in [5.41, 5.74) is 0.639. The second kappa shape index (κ2) is 7.15. The SMILES string of the molecule is COc1ccc(C)cc1C=CC(=O)NCC(C)(O)c1ccco1. The highest BCUT2D eigenvalue weighted by Gasteiger charge is 2.26. The van der Waals surface area contributed by atoms with Crippen LogP contribution >= 0.6 is 0 Å². The van der Waals surface area contributed by atoms with Gasteiger partial charge in [0.2, 0.25) is 5.91 Å². The van der Waals surface area contributed by atoms with Crippen molar-refractivity contribution in [3.63, 3.8) is 0 Å². The zero-order valence-corrected chi connectivity index (χ0v) is 13.5. The number of aryl methyl sites for hydroxylation is 1. The van der Waals surface area contributed by atoms with Crippen LogP contribution in [0.2, 0.25) is 0 Å². The molecule has 23 heavy (non-hydrogen) atoms. The van der Waals surface area contributed by atoms with Gasteiger partial charge in [-0.2, -0.15) is 0 Å². The molecule has 2 rings (SSSR count). The molecular weight excluding hydrogens is 294 g/mol. The van der Waals surface area contributed by atoms with E-state index in [-0.39, 0.29) is 12.5 Å².